The minimum Gasteiger partial charge on any atom is -0.311 e. The summed E-state index contributed by atoms with van der Waals surface area (Å²) in [6.45, 7) is 1.66. The van der Waals surface area contributed by atoms with Crippen molar-refractivity contribution in [3.05, 3.63) is 74.2 Å². The van der Waals surface area contributed by atoms with Crippen LogP contribution in [0.3, 0.4) is 0 Å². The first-order valence-electron chi connectivity index (χ1n) is 8.66. The summed E-state index contributed by atoms with van der Waals surface area (Å²) in [7, 11) is 0. The van der Waals surface area contributed by atoms with Crippen LogP contribution < -0.4 is 5.32 Å². The zero-order valence-corrected chi connectivity index (χ0v) is 16.0. The predicted octanol–water partition coefficient (Wildman–Crippen LogP) is 4.41. The number of nitriles is 1. The van der Waals surface area contributed by atoms with Gasteiger partial charge in [-0.2, -0.15) is 5.26 Å². The Morgan fingerprint density at radius 3 is 2.81 bits per heavy atom. The van der Waals surface area contributed by atoms with Crippen LogP contribution in [0.1, 0.15) is 31.5 Å². The summed E-state index contributed by atoms with van der Waals surface area (Å²) in [6, 6.07) is 15.2. The minimum absolute atomic E-state index is 0.0535. The average molecular weight is 394 g/mol. The lowest BCUT2D eigenvalue weighted by molar-refractivity contribution is 0.0992. The van der Waals surface area contributed by atoms with Crippen molar-refractivity contribution in [3.63, 3.8) is 0 Å². The molecule has 4 rings (SSSR count). The third kappa shape index (κ3) is 3.52. The van der Waals surface area contributed by atoms with E-state index in [1.165, 1.54) is 11.3 Å². The number of ketones is 1. The van der Waals surface area contributed by atoms with Gasteiger partial charge in [-0.3, -0.25) is 4.79 Å². The summed E-state index contributed by atoms with van der Waals surface area (Å²) in [5.41, 5.74) is 3.75. The summed E-state index contributed by atoms with van der Waals surface area (Å²) in [5.74, 6) is -0.0535. The molecule has 0 saturated carbocycles. The third-order valence-electron chi connectivity index (χ3n) is 4.62. The number of Topliss-reactive ketones (excluding diaryl/α,β-unsaturated/α-hetero) is 1. The molecule has 2 aromatic carbocycles. The molecule has 4 nitrogen and oxygen atoms in total. The number of rotatable bonds is 4. The van der Waals surface area contributed by atoms with Crippen LogP contribution in [0.25, 0.3) is 11.1 Å². The van der Waals surface area contributed by atoms with Crippen molar-refractivity contribution in [2.45, 2.75) is 19.4 Å². The third-order valence-corrected chi connectivity index (χ3v) is 6.09. The van der Waals surface area contributed by atoms with Gasteiger partial charge in [0.25, 0.3) is 0 Å². The van der Waals surface area contributed by atoms with Crippen molar-refractivity contribution >= 4 is 28.7 Å². The highest BCUT2D eigenvalue weighted by Gasteiger charge is 2.21. The van der Waals surface area contributed by atoms with Crippen LogP contribution in [0.15, 0.2) is 42.5 Å². The van der Waals surface area contributed by atoms with E-state index in [1.54, 1.807) is 6.07 Å². The molecule has 2 heterocycles. The van der Waals surface area contributed by atoms with Gasteiger partial charge in [0.15, 0.2) is 10.8 Å². The lowest BCUT2D eigenvalue weighted by Crippen LogP contribution is -2.22. The van der Waals surface area contributed by atoms with Gasteiger partial charge in [0, 0.05) is 47.0 Å². The SMILES string of the molecule is N#Cc1c(CC(=O)c2nc3c(s2)CNCC3)cccc1-c1ccccc1Cl. The molecule has 134 valence electrons. The fraction of sp³-hybridized carbons (Fsp3) is 0.190. The van der Waals surface area contributed by atoms with Gasteiger partial charge in [-0.05, 0) is 11.6 Å². The fourth-order valence-electron chi connectivity index (χ4n) is 3.28. The van der Waals surface area contributed by atoms with E-state index in [-0.39, 0.29) is 12.2 Å². The normalized spacial score (nSPS) is 13.0. The van der Waals surface area contributed by atoms with Crippen molar-refractivity contribution in [2.24, 2.45) is 0 Å². The number of fused-ring (bicyclic) bond motifs is 1. The zero-order chi connectivity index (χ0) is 18.8. The lowest BCUT2D eigenvalue weighted by Gasteiger charge is -2.10. The molecule has 3 aromatic rings. The number of aromatic nitrogens is 1. The second-order valence-corrected chi connectivity index (χ2v) is 7.84. The quantitative estimate of drug-likeness (QED) is 0.667. The number of thiazole rings is 1. The monoisotopic (exact) mass is 393 g/mol. The van der Waals surface area contributed by atoms with Gasteiger partial charge in [0.2, 0.25) is 0 Å². The summed E-state index contributed by atoms with van der Waals surface area (Å²) in [5, 5.41) is 14.1. The molecule has 0 fully saturated rings. The molecule has 0 amide bonds. The number of carbonyl (C=O) groups excluding carboxylic acids is 1. The number of nitrogens with zero attached hydrogens (tertiary/aromatic N) is 2. The van der Waals surface area contributed by atoms with Crippen LogP contribution in [-0.2, 0) is 19.4 Å². The Kier molecular flexibility index (Phi) is 5.04. The van der Waals surface area contributed by atoms with Gasteiger partial charge in [-0.15, -0.1) is 11.3 Å². The van der Waals surface area contributed by atoms with Gasteiger partial charge >= 0.3 is 0 Å². The highest BCUT2D eigenvalue weighted by atomic mass is 35.5. The Bertz CT molecular complexity index is 1040. The smallest absolute Gasteiger partial charge is 0.195 e. The standard InChI is InChI=1S/C21H16ClN3OS/c22-17-7-2-1-5-15(17)14-6-3-4-13(16(14)11-23)10-19(26)21-25-18-8-9-24-12-20(18)27-21/h1-7,24H,8-10,12H2. The van der Waals surface area contributed by atoms with Crippen molar-refractivity contribution in [2.75, 3.05) is 6.54 Å². The lowest BCUT2D eigenvalue weighted by atomic mass is 9.94. The van der Waals surface area contributed by atoms with Crippen molar-refractivity contribution in [3.8, 4) is 17.2 Å². The first-order valence-corrected chi connectivity index (χ1v) is 9.86. The molecule has 6 heteroatoms. The van der Waals surface area contributed by atoms with Gasteiger partial charge in [-0.1, -0.05) is 48.0 Å². The van der Waals surface area contributed by atoms with Crippen LogP contribution >= 0.6 is 22.9 Å². The van der Waals surface area contributed by atoms with Crippen molar-refractivity contribution in [1.29, 1.82) is 5.26 Å². The average Bonchev–Trinajstić information content (AvgIpc) is 3.13. The van der Waals surface area contributed by atoms with Crippen LogP contribution in [0.4, 0.5) is 0 Å². The Morgan fingerprint density at radius 1 is 1.22 bits per heavy atom. The van der Waals surface area contributed by atoms with E-state index >= 15 is 0 Å². The molecule has 27 heavy (non-hydrogen) atoms. The number of halogens is 1. The predicted molar refractivity (Wildman–Crippen MR) is 107 cm³/mol. The Morgan fingerprint density at radius 2 is 2.04 bits per heavy atom. The van der Waals surface area contributed by atoms with E-state index in [0.29, 0.717) is 21.2 Å². The van der Waals surface area contributed by atoms with Crippen molar-refractivity contribution in [1.82, 2.24) is 10.3 Å². The van der Waals surface area contributed by atoms with E-state index in [2.05, 4.69) is 16.4 Å². The van der Waals surface area contributed by atoms with Gasteiger partial charge in [-0.25, -0.2) is 4.98 Å². The molecule has 1 aliphatic rings. The zero-order valence-electron chi connectivity index (χ0n) is 14.5. The van der Waals surface area contributed by atoms with Crippen LogP contribution in [0.2, 0.25) is 5.02 Å². The summed E-state index contributed by atoms with van der Waals surface area (Å²) in [4.78, 5) is 18.5. The maximum absolute atomic E-state index is 12.8. The first-order chi connectivity index (χ1) is 13.2. The topological polar surface area (TPSA) is 65.8 Å². The van der Waals surface area contributed by atoms with Gasteiger partial charge in [0.1, 0.15) is 6.07 Å². The Labute approximate surface area is 166 Å². The molecule has 0 radical (unpaired) electrons. The van der Waals surface area contributed by atoms with E-state index in [1.807, 2.05) is 36.4 Å². The molecule has 0 bridgehead atoms. The van der Waals surface area contributed by atoms with Gasteiger partial charge < -0.3 is 5.32 Å². The fourth-order valence-corrected chi connectivity index (χ4v) is 4.53. The molecule has 0 aliphatic carbocycles. The largest absolute Gasteiger partial charge is 0.311 e. The second kappa shape index (κ2) is 7.61. The summed E-state index contributed by atoms with van der Waals surface area (Å²) < 4.78 is 0. The van der Waals surface area contributed by atoms with Crippen LogP contribution in [-0.4, -0.2) is 17.3 Å². The van der Waals surface area contributed by atoms with Gasteiger partial charge in [0.05, 0.1) is 11.3 Å². The van der Waals surface area contributed by atoms with E-state index in [4.69, 9.17) is 11.6 Å². The Balaban J connectivity index is 1.67. The summed E-state index contributed by atoms with van der Waals surface area (Å²) in [6.07, 6.45) is 1.01. The molecule has 1 aliphatic heterocycles. The van der Waals surface area contributed by atoms with Crippen LogP contribution in [0, 0.1) is 11.3 Å². The maximum Gasteiger partial charge on any atom is 0.195 e. The first kappa shape index (κ1) is 17.9. The number of benzene rings is 2. The molecule has 0 spiro atoms. The molecule has 0 atom stereocenters. The van der Waals surface area contributed by atoms with Crippen LogP contribution in [0.5, 0.6) is 0 Å². The molecular weight excluding hydrogens is 378 g/mol. The number of hydrogen-bond donors (Lipinski definition) is 1. The molecule has 1 N–H and O–H groups in total. The van der Waals surface area contributed by atoms with Crippen molar-refractivity contribution < 1.29 is 4.79 Å². The minimum atomic E-state index is -0.0535. The Hall–Kier alpha value is -2.52. The molecule has 0 unspecified atom stereocenters. The maximum atomic E-state index is 12.8. The highest BCUT2D eigenvalue weighted by molar-refractivity contribution is 7.13. The second-order valence-electron chi connectivity index (χ2n) is 6.35. The molecule has 0 saturated heterocycles. The number of hydrogen-bond acceptors (Lipinski definition) is 5. The number of carbonyl (C=O) groups is 1. The number of nitrogens with one attached hydrogen (secondary N) is 1. The molecule has 1 aromatic heterocycles. The molecular formula is C21H16ClN3OS. The highest BCUT2D eigenvalue weighted by Crippen LogP contribution is 2.32. The summed E-state index contributed by atoms with van der Waals surface area (Å²) >= 11 is 7.76. The van der Waals surface area contributed by atoms with E-state index in [9.17, 15) is 10.1 Å². The van der Waals surface area contributed by atoms with E-state index < -0.39 is 0 Å². The van der Waals surface area contributed by atoms with E-state index in [0.717, 1.165) is 41.2 Å².